The number of morpholine rings is 1. The van der Waals surface area contributed by atoms with E-state index >= 15 is 0 Å². The lowest BCUT2D eigenvalue weighted by Gasteiger charge is -2.25. The number of benzene rings is 1. The topological polar surface area (TPSA) is 164 Å². The van der Waals surface area contributed by atoms with Crippen LogP contribution in [-0.4, -0.2) is 55.6 Å². The molecule has 1 aromatic carbocycles. The largest absolute Gasteiger partial charge is 0.502 e. The Labute approximate surface area is 169 Å². The number of nitrogens with zero attached hydrogens (tertiary/aromatic N) is 3. The molecule has 0 bridgehead atoms. The molecule has 1 saturated heterocycles. The van der Waals surface area contributed by atoms with Gasteiger partial charge in [0, 0.05) is 19.2 Å². The van der Waals surface area contributed by atoms with E-state index in [2.05, 4.69) is 10.4 Å². The highest BCUT2D eigenvalue weighted by molar-refractivity contribution is 7.89. The molecule has 0 saturated carbocycles. The Kier molecular flexibility index (Phi) is 5.97. The summed E-state index contributed by atoms with van der Waals surface area (Å²) in [5.41, 5.74) is 1.74. The Bertz CT molecular complexity index is 1050. The van der Waals surface area contributed by atoms with Crippen molar-refractivity contribution >= 4 is 38.1 Å². The van der Waals surface area contributed by atoms with Crippen LogP contribution in [-0.2, 0) is 14.8 Å². The molecule has 2 aromatic rings. The Balaban J connectivity index is 1.72. The highest BCUT2D eigenvalue weighted by atomic mass is 32.2. The lowest BCUT2D eigenvalue weighted by molar-refractivity contribution is -0.386. The zero-order valence-corrected chi connectivity index (χ0v) is 16.7. The molecule has 14 heteroatoms. The van der Waals surface area contributed by atoms with E-state index in [1.165, 1.54) is 0 Å². The maximum Gasteiger partial charge on any atom is 0.312 e. The van der Waals surface area contributed by atoms with E-state index in [-0.39, 0.29) is 4.88 Å². The number of carbonyl (C=O) groups is 1. The number of aromatic nitrogens is 1. The number of phenolic OH excluding ortho intramolecular Hbond substituents is 1. The first-order valence-electron chi connectivity index (χ1n) is 8.28. The monoisotopic (exact) mass is 443 g/mol. The summed E-state index contributed by atoms with van der Waals surface area (Å²) in [7, 11) is -4.30. The van der Waals surface area contributed by atoms with Gasteiger partial charge in [-0.2, -0.15) is 0 Å². The molecule has 156 valence electrons. The number of ether oxygens (including phenoxy) is 1. The smallest absolute Gasteiger partial charge is 0.312 e. The summed E-state index contributed by atoms with van der Waals surface area (Å²) in [6.45, 7) is 4.02. The molecule has 3 N–H and O–H groups in total. The van der Waals surface area contributed by atoms with E-state index in [1.807, 2.05) is 9.73 Å². The normalized spacial score (nSPS) is 14.6. The number of amides is 1. The molecule has 29 heavy (non-hydrogen) atoms. The number of nitro benzene ring substituents is 1. The fourth-order valence-electron chi connectivity index (χ4n) is 2.53. The van der Waals surface area contributed by atoms with Crippen molar-refractivity contribution < 1.29 is 28.0 Å². The number of carbonyl (C=O) groups excluding carboxylic acids is 1. The minimum atomic E-state index is -4.30. The van der Waals surface area contributed by atoms with Gasteiger partial charge < -0.3 is 14.7 Å². The lowest BCUT2D eigenvalue weighted by Crippen LogP contribution is -2.41. The minimum absolute atomic E-state index is 0.228. The average Bonchev–Trinajstić information content (AvgIpc) is 3.08. The van der Waals surface area contributed by atoms with E-state index in [4.69, 9.17) is 4.74 Å². The van der Waals surface area contributed by atoms with Gasteiger partial charge in [-0.3, -0.25) is 20.3 Å². The number of phenols is 1. The molecule has 3 rings (SSSR count). The van der Waals surface area contributed by atoms with Crippen molar-refractivity contribution in [2.24, 2.45) is 0 Å². The number of thiazole rings is 1. The summed E-state index contributed by atoms with van der Waals surface area (Å²) in [6, 6.07) is 2.56. The van der Waals surface area contributed by atoms with Crippen LogP contribution >= 0.6 is 11.3 Å². The van der Waals surface area contributed by atoms with E-state index in [1.54, 1.807) is 6.92 Å². The molecule has 1 aliphatic heterocycles. The molecule has 1 aliphatic rings. The SMILES string of the molecule is Cc1nc(N2CCOCC2)sc1C(=O)NNS(=O)(=O)c1ccc(O)c([N+](=O)[O-])c1. The number of anilines is 1. The van der Waals surface area contributed by atoms with Crippen LogP contribution in [0.2, 0.25) is 0 Å². The van der Waals surface area contributed by atoms with Gasteiger partial charge in [0.05, 0.1) is 28.7 Å². The fraction of sp³-hybridized carbons (Fsp3) is 0.333. The molecule has 1 amide bonds. The number of aromatic hydroxyl groups is 1. The molecule has 2 heterocycles. The van der Waals surface area contributed by atoms with Crippen LogP contribution in [0.3, 0.4) is 0 Å². The highest BCUT2D eigenvalue weighted by Crippen LogP contribution is 2.28. The number of hydrogen-bond donors (Lipinski definition) is 3. The summed E-state index contributed by atoms with van der Waals surface area (Å²) in [4.78, 5) is 30.3. The van der Waals surface area contributed by atoms with Gasteiger partial charge >= 0.3 is 5.69 Å². The zero-order valence-electron chi connectivity index (χ0n) is 15.1. The summed E-state index contributed by atoms with van der Waals surface area (Å²) >= 11 is 1.12. The van der Waals surface area contributed by atoms with Crippen LogP contribution in [0.25, 0.3) is 0 Å². The third kappa shape index (κ3) is 4.61. The maximum absolute atomic E-state index is 12.4. The van der Waals surface area contributed by atoms with E-state index in [9.17, 15) is 28.4 Å². The number of nitrogens with one attached hydrogen (secondary N) is 2. The number of hydrazine groups is 1. The van der Waals surface area contributed by atoms with Crippen LogP contribution in [0.15, 0.2) is 23.1 Å². The first kappa shape index (κ1) is 20.9. The molecular formula is C15H17N5O7S2. The minimum Gasteiger partial charge on any atom is -0.502 e. The van der Waals surface area contributed by atoms with Gasteiger partial charge in [0.25, 0.3) is 15.9 Å². The van der Waals surface area contributed by atoms with Crippen LogP contribution < -0.4 is 15.2 Å². The molecule has 0 aliphatic carbocycles. The fourth-order valence-corrected chi connectivity index (χ4v) is 4.40. The van der Waals surface area contributed by atoms with E-state index in [0.717, 1.165) is 23.5 Å². The van der Waals surface area contributed by atoms with Crippen molar-refractivity contribution in [2.75, 3.05) is 31.2 Å². The molecular weight excluding hydrogens is 426 g/mol. The number of hydrogen-bond acceptors (Lipinski definition) is 10. The van der Waals surface area contributed by atoms with Crippen molar-refractivity contribution in [1.82, 2.24) is 15.2 Å². The van der Waals surface area contributed by atoms with Gasteiger partial charge in [0.15, 0.2) is 10.9 Å². The lowest BCUT2D eigenvalue weighted by atomic mass is 10.3. The van der Waals surface area contributed by atoms with Crippen molar-refractivity contribution in [3.63, 3.8) is 0 Å². The zero-order chi connectivity index (χ0) is 21.2. The quantitative estimate of drug-likeness (QED) is 0.426. The number of aryl methyl sites for hydroxylation is 1. The molecule has 0 spiro atoms. The van der Waals surface area contributed by atoms with E-state index < -0.39 is 37.2 Å². The first-order chi connectivity index (χ1) is 13.7. The van der Waals surface area contributed by atoms with E-state index in [0.29, 0.717) is 43.2 Å². The Morgan fingerprint density at radius 1 is 1.38 bits per heavy atom. The van der Waals surface area contributed by atoms with Gasteiger partial charge in [0.1, 0.15) is 4.88 Å². The van der Waals surface area contributed by atoms with Crippen LogP contribution in [0.1, 0.15) is 15.4 Å². The summed E-state index contributed by atoms with van der Waals surface area (Å²) in [6.07, 6.45) is 0. The summed E-state index contributed by atoms with van der Waals surface area (Å²) in [5, 5.41) is 20.9. The molecule has 0 radical (unpaired) electrons. The standard InChI is InChI=1S/C15H17N5O7S2/c1-9-13(28-15(16-9)19-4-6-27-7-5-19)14(22)17-18-29(25,26)10-2-3-12(21)11(8-10)20(23)24/h2-3,8,18,21H,4-7H2,1H3,(H,17,22). The molecule has 12 nitrogen and oxygen atoms in total. The second kappa shape index (κ2) is 8.28. The Hall–Kier alpha value is -2.81. The molecule has 0 unspecified atom stereocenters. The third-order valence-corrected chi connectivity index (χ3v) is 6.49. The Morgan fingerprint density at radius 3 is 2.72 bits per heavy atom. The van der Waals surface area contributed by atoms with Crippen molar-refractivity contribution in [3.8, 4) is 5.75 Å². The molecule has 1 aromatic heterocycles. The Morgan fingerprint density at radius 2 is 2.07 bits per heavy atom. The van der Waals surface area contributed by atoms with Gasteiger partial charge in [-0.15, -0.1) is 4.83 Å². The second-order valence-corrected chi connectivity index (χ2v) is 8.64. The van der Waals surface area contributed by atoms with Crippen molar-refractivity contribution in [3.05, 3.63) is 38.9 Å². The second-order valence-electron chi connectivity index (χ2n) is 5.98. The number of nitro groups is 1. The summed E-state index contributed by atoms with van der Waals surface area (Å²) < 4.78 is 29.9. The van der Waals surface area contributed by atoms with Crippen molar-refractivity contribution in [2.45, 2.75) is 11.8 Å². The molecule has 1 fully saturated rings. The van der Waals surface area contributed by atoms with Crippen LogP contribution in [0.5, 0.6) is 5.75 Å². The maximum atomic E-state index is 12.4. The number of rotatable bonds is 6. The third-order valence-electron chi connectivity index (χ3n) is 4.03. The van der Waals surface area contributed by atoms with Crippen molar-refractivity contribution in [1.29, 1.82) is 0 Å². The van der Waals surface area contributed by atoms with Crippen LogP contribution in [0.4, 0.5) is 10.8 Å². The number of sulfonamides is 1. The van der Waals surface area contributed by atoms with Gasteiger partial charge in [0.2, 0.25) is 0 Å². The molecule has 0 atom stereocenters. The average molecular weight is 443 g/mol. The van der Waals surface area contributed by atoms with Gasteiger partial charge in [-0.1, -0.05) is 11.3 Å². The predicted octanol–water partition coefficient (Wildman–Crippen LogP) is 0.525. The van der Waals surface area contributed by atoms with Gasteiger partial charge in [-0.25, -0.2) is 13.4 Å². The highest BCUT2D eigenvalue weighted by Gasteiger charge is 2.24. The van der Waals surface area contributed by atoms with Crippen LogP contribution in [0, 0.1) is 17.0 Å². The van der Waals surface area contributed by atoms with Gasteiger partial charge in [-0.05, 0) is 19.1 Å². The predicted molar refractivity (Wildman–Crippen MR) is 102 cm³/mol. The first-order valence-corrected chi connectivity index (χ1v) is 10.6. The summed E-state index contributed by atoms with van der Waals surface area (Å²) in [5.74, 6) is -1.38.